The smallest absolute Gasteiger partial charge is 0.0730 e. The van der Waals surface area contributed by atoms with E-state index < -0.39 is 0 Å². The van der Waals surface area contributed by atoms with Crippen molar-refractivity contribution < 1.29 is 0 Å². The zero-order chi connectivity index (χ0) is 13.3. The highest BCUT2D eigenvalue weighted by Crippen LogP contribution is 2.37. The average Bonchev–Trinajstić information content (AvgIpc) is 2.65. The number of aryl methyl sites for hydroxylation is 3. The lowest BCUT2D eigenvalue weighted by molar-refractivity contribution is 0.964. The van der Waals surface area contributed by atoms with E-state index in [0.717, 1.165) is 6.42 Å². The molecule has 0 fully saturated rings. The van der Waals surface area contributed by atoms with Gasteiger partial charge in [0, 0.05) is 4.88 Å². The van der Waals surface area contributed by atoms with Crippen LogP contribution < -0.4 is 0 Å². The Morgan fingerprint density at radius 1 is 1.06 bits per heavy atom. The number of hydrogen-bond acceptors (Lipinski definition) is 1. The highest BCUT2D eigenvalue weighted by molar-refractivity contribution is 9.11. The molecule has 0 aliphatic rings. The van der Waals surface area contributed by atoms with Crippen LogP contribution in [0.2, 0.25) is 0 Å². The number of rotatable bonds is 3. The topological polar surface area (TPSA) is 0 Å². The van der Waals surface area contributed by atoms with Gasteiger partial charge in [0.1, 0.15) is 0 Å². The number of alkyl halides is 1. The van der Waals surface area contributed by atoms with Gasteiger partial charge in [0.15, 0.2) is 0 Å². The Bertz CT molecular complexity index is 538. The summed E-state index contributed by atoms with van der Waals surface area (Å²) in [4.78, 5) is 1.78. The molecule has 0 N–H and O–H groups in total. The lowest BCUT2D eigenvalue weighted by Crippen LogP contribution is -1.94. The second-order valence-electron chi connectivity index (χ2n) is 4.70. The second-order valence-corrected chi connectivity index (χ2v) is 8.20. The predicted molar refractivity (Wildman–Crippen MR) is 88.0 cm³/mol. The third kappa shape index (κ3) is 3.25. The van der Waals surface area contributed by atoms with Gasteiger partial charge in [-0.25, -0.2) is 0 Å². The van der Waals surface area contributed by atoms with E-state index in [0.29, 0.717) is 4.83 Å². The third-order valence-corrected chi connectivity index (χ3v) is 6.54. The van der Waals surface area contributed by atoms with E-state index in [1.54, 1.807) is 0 Å². The minimum absolute atomic E-state index is 0.398. The molecule has 3 heteroatoms. The zero-order valence-electron chi connectivity index (χ0n) is 10.8. The van der Waals surface area contributed by atoms with E-state index in [9.17, 15) is 0 Å². The van der Waals surface area contributed by atoms with Crippen LogP contribution in [0.4, 0.5) is 0 Å². The van der Waals surface area contributed by atoms with Crippen molar-refractivity contribution in [3.8, 4) is 0 Å². The van der Waals surface area contributed by atoms with Crippen LogP contribution in [0.5, 0.6) is 0 Å². The fourth-order valence-corrected chi connectivity index (χ4v) is 4.21. The van der Waals surface area contributed by atoms with Crippen LogP contribution >= 0.6 is 43.2 Å². The van der Waals surface area contributed by atoms with Crippen molar-refractivity contribution in [2.24, 2.45) is 0 Å². The fraction of sp³-hybridized carbons (Fsp3) is 0.333. The molecule has 96 valence electrons. The lowest BCUT2D eigenvalue weighted by Gasteiger charge is -2.09. The molecule has 0 saturated carbocycles. The van der Waals surface area contributed by atoms with Gasteiger partial charge >= 0.3 is 0 Å². The normalized spacial score (nSPS) is 12.7. The Morgan fingerprint density at radius 2 is 1.78 bits per heavy atom. The molecule has 2 aromatic rings. The number of benzene rings is 1. The molecule has 0 aliphatic heterocycles. The molecular formula is C15H16Br2S. The molecule has 0 aliphatic carbocycles. The molecule has 0 nitrogen and oxygen atoms in total. The van der Waals surface area contributed by atoms with E-state index in [-0.39, 0.29) is 0 Å². The summed E-state index contributed by atoms with van der Waals surface area (Å²) in [5.41, 5.74) is 5.44. The Kier molecular flexibility index (Phi) is 4.68. The largest absolute Gasteiger partial charge is 0.132 e. The SMILES string of the molecule is Cc1ccc(CC(Br)c2cc(C)c(Br)s2)cc1C. The lowest BCUT2D eigenvalue weighted by atomic mass is 10.0. The maximum absolute atomic E-state index is 3.80. The van der Waals surface area contributed by atoms with Crippen molar-refractivity contribution in [1.29, 1.82) is 0 Å². The van der Waals surface area contributed by atoms with Crippen molar-refractivity contribution >= 4 is 43.2 Å². The van der Waals surface area contributed by atoms with E-state index >= 15 is 0 Å². The van der Waals surface area contributed by atoms with Crippen molar-refractivity contribution in [2.75, 3.05) is 0 Å². The first-order valence-electron chi connectivity index (χ1n) is 5.93. The van der Waals surface area contributed by atoms with Crippen molar-refractivity contribution in [3.05, 3.63) is 55.2 Å². The number of thiophene rings is 1. The zero-order valence-corrected chi connectivity index (χ0v) is 14.7. The molecule has 18 heavy (non-hydrogen) atoms. The second kappa shape index (κ2) is 5.89. The number of halogens is 2. The number of hydrogen-bond donors (Lipinski definition) is 0. The van der Waals surface area contributed by atoms with E-state index in [1.165, 1.54) is 30.9 Å². The van der Waals surface area contributed by atoms with Crippen LogP contribution in [0.3, 0.4) is 0 Å². The van der Waals surface area contributed by atoms with Crippen LogP contribution in [-0.2, 0) is 6.42 Å². The Hall–Kier alpha value is -0.120. The highest BCUT2D eigenvalue weighted by atomic mass is 79.9. The average molecular weight is 388 g/mol. The summed E-state index contributed by atoms with van der Waals surface area (Å²) >= 11 is 9.21. The maximum Gasteiger partial charge on any atom is 0.0730 e. The molecular weight excluding hydrogens is 372 g/mol. The van der Waals surface area contributed by atoms with Crippen molar-refractivity contribution in [2.45, 2.75) is 32.0 Å². The monoisotopic (exact) mass is 386 g/mol. The summed E-state index contributed by atoms with van der Waals surface area (Å²) in [6.07, 6.45) is 1.04. The predicted octanol–water partition coefficient (Wildman–Crippen LogP) is 6.11. The van der Waals surface area contributed by atoms with Gasteiger partial charge in [-0.05, 0) is 71.4 Å². The molecule has 1 heterocycles. The quantitative estimate of drug-likeness (QED) is 0.557. The van der Waals surface area contributed by atoms with Gasteiger partial charge < -0.3 is 0 Å². The van der Waals surface area contributed by atoms with E-state index in [4.69, 9.17) is 0 Å². The summed E-state index contributed by atoms with van der Waals surface area (Å²) in [6, 6.07) is 8.99. The van der Waals surface area contributed by atoms with Crippen molar-refractivity contribution in [1.82, 2.24) is 0 Å². The first-order chi connectivity index (χ1) is 8.47. The molecule has 0 radical (unpaired) electrons. The van der Waals surface area contributed by atoms with Gasteiger partial charge in [-0.15, -0.1) is 11.3 Å². The molecule has 1 aromatic carbocycles. The van der Waals surface area contributed by atoms with Gasteiger partial charge in [-0.2, -0.15) is 0 Å². The first-order valence-corrected chi connectivity index (χ1v) is 8.46. The molecule has 1 unspecified atom stereocenters. The summed E-state index contributed by atoms with van der Waals surface area (Å²) in [7, 11) is 0. The molecule has 1 atom stereocenters. The van der Waals surface area contributed by atoms with E-state index in [1.807, 2.05) is 11.3 Å². The van der Waals surface area contributed by atoms with Crippen molar-refractivity contribution in [3.63, 3.8) is 0 Å². The summed E-state index contributed by atoms with van der Waals surface area (Å²) in [6.45, 7) is 6.47. The molecule has 2 rings (SSSR count). The van der Waals surface area contributed by atoms with Gasteiger partial charge in [0.25, 0.3) is 0 Å². The van der Waals surface area contributed by atoms with Crippen LogP contribution in [0.1, 0.15) is 32.0 Å². The van der Waals surface area contributed by atoms with Gasteiger partial charge in [0.05, 0.1) is 8.61 Å². The third-order valence-electron chi connectivity index (χ3n) is 3.17. The molecule has 1 aromatic heterocycles. The maximum atomic E-state index is 3.80. The summed E-state index contributed by atoms with van der Waals surface area (Å²) < 4.78 is 1.24. The van der Waals surface area contributed by atoms with Crippen LogP contribution in [-0.4, -0.2) is 0 Å². The Labute approximate surface area is 130 Å². The summed E-state index contributed by atoms with van der Waals surface area (Å²) in [5, 5.41) is 0. The summed E-state index contributed by atoms with van der Waals surface area (Å²) in [5.74, 6) is 0. The molecule has 0 bridgehead atoms. The fourth-order valence-electron chi connectivity index (χ4n) is 1.88. The van der Waals surface area contributed by atoms with Gasteiger partial charge in [-0.3, -0.25) is 0 Å². The molecule has 0 amide bonds. The first kappa shape index (κ1) is 14.3. The van der Waals surface area contributed by atoms with E-state index in [2.05, 4.69) is 76.9 Å². The van der Waals surface area contributed by atoms with Gasteiger partial charge in [-0.1, -0.05) is 34.1 Å². The van der Waals surface area contributed by atoms with Crippen LogP contribution in [0, 0.1) is 20.8 Å². The standard InChI is InChI=1S/C15H16Br2S/c1-9-4-5-12(6-10(9)2)8-13(16)14-7-11(3)15(17)18-14/h4-7,13H,8H2,1-3H3. The minimum Gasteiger partial charge on any atom is -0.132 e. The Morgan fingerprint density at radius 3 is 2.33 bits per heavy atom. The van der Waals surface area contributed by atoms with Gasteiger partial charge in [0.2, 0.25) is 0 Å². The molecule has 0 spiro atoms. The molecule has 0 saturated heterocycles. The highest BCUT2D eigenvalue weighted by Gasteiger charge is 2.13. The Balaban J connectivity index is 2.15. The minimum atomic E-state index is 0.398. The van der Waals surface area contributed by atoms with Crippen LogP contribution in [0.25, 0.3) is 0 Å². The van der Waals surface area contributed by atoms with Crippen LogP contribution in [0.15, 0.2) is 28.1 Å².